The molecule has 52 heavy (non-hydrogen) atoms. The molecule has 6 nitrogen and oxygen atoms in total. The van der Waals surface area contributed by atoms with Crippen molar-refractivity contribution in [1.82, 2.24) is 19.6 Å². The molecule has 0 aromatic carbocycles. The molecule has 2 saturated heterocycles. The second kappa shape index (κ2) is 28.1. The third-order valence-electron chi connectivity index (χ3n) is 13.3. The van der Waals surface area contributed by atoms with Crippen molar-refractivity contribution < 1.29 is 9.59 Å². The number of carbonyl (C=O) groups excluding carboxylic acids is 2. The highest BCUT2D eigenvalue weighted by Gasteiger charge is 2.37. The van der Waals surface area contributed by atoms with Crippen LogP contribution in [0.15, 0.2) is 12.2 Å². The third kappa shape index (κ3) is 18.3. The molecule has 2 aliphatic heterocycles. The van der Waals surface area contributed by atoms with Gasteiger partial charge in [-0.3, -0.25) is 9.59 Å². The summed E-state index contributed by atoms with van der Waals surface area (Å²) in [6.45, 7) is 12.4. The molecule has 2 heterocycles. The molecule has 6 heteroatoms. The van der Waals surface area contributed by atoms with Gasteiger partial charge in [-0.1, -0.05) is 129 Å². The average Bonchev–Trinajstić information content (AvgIpc) is 3.15. The fraction of sp³-hybridized carbons (Fsp3) is 0.913. The first-order valence-electron chi connectivity index (χ1n) is 23.0. The number of carbonyl (C=O) groups is 2. The maximum Gasteiger partial charge on any atom is 0.222 e. The van der Waals surface area contributed by atoms with E-state index in [-0.39, 0.29) is 0 Å². The van der Waals surface area contributed by atoms with Gasteiger partial charge in [0, 0.05) is 65.2 Å². The lowest BCUT2D eigenvalue weighted by Gasteiger charge is -2.44. The fourth-order valence-electron chi connectivity index (χ4n) is 9.63. The molecule has 0 aromatic heterocycles. The maximum atomic E-state index is 12.6. The van der Waals surface area contributed by atoms with Gasteiger partial charge < -0.3 is 19.6 Å². The van der Waals surface area contributed by atoms with Crippen LogP contribution in [0.3, 0.4) is 0 Å². The van der Waals surface area contributed by atoms with Crippen molar-refractivity contribution in [2.75, 3.05) is 66.5 Å². The highest BCUT2D eigenvalue weighted by atomic mass is 16.2. The SMILES string of the molecule is CCCCCC[C@@H]1CC[C@H](CCCCCCCC(=O)N2CCN(C)CC2)[C@H](C/C=C/CCCCCCCC(=O)N2CCN(C)CC2)[C@@H]1CCCCC. The summed E-state index contributed by atoms with van der Waals surface area (Å²) in [7, 11) is 4.30. The lowest BCUT2D eigenvalue weighted by atomic mass is 9.61. The van der Waals surface area contributed by atoms with Crippen LogP contribution in [0.1, 0.15) is 181 Å². The standard InChI is InChI=1S/C46H86N4O2/c1-5-7-9-20-25-41-31-32-42(26-21-15-14-18-24-30-46(52)50-39-35-48(4)36-40-50)44(43(41)27-19-8-6-2)28-22-16-12-10-11-13-17-23-29-45(51)49-37-33-47(3)34-38-49/h16,22,41-44H,5-15,17-21,23-40H2,1-4H3/b22-16+/t41-,42+,43-,44+/m1/s1. The lowest BCUT2D eigenvalue weighted by molar-refractivity contribution is -0.133. The zero-order chi connectivity index (χ0) is 37.2. The Bertz CT molecular complexity index is 939. The molecular formula is C46H86N4O2. The van der Waals surface area contributed by atoms with Crippen molar-refractivity contribution in [3.8, 4) is 0 Å². The van der Waals surface area contributed by atoms with E-state index in [1.165, 1.54) is 141 Å². The predicted octanol–water partition coefficient (Wildman–Crippen LogP) is 10.8. The molecule has 302 valence electrons. The highest BCUT2D eigenvalue weighted by Crippen LogP contribution is 2.47. The van der Waals surface area contributed by atoms with Crippen LogP contribution in [-0.4, -0.2) is 97.9 Å². The fourth-order valence-corrected chi connectivity index (χ4v) is 9.63. The van der Waals surface area contributed by atoms with E-state index in [1.54, 1.807) is 0 Å². The van der Waals surface area contributed by atoms with Crippen LogP contribution in [0.4, 0.5) is 0 Å². The van der Waals surface area contributed by atoms with Gasteiger partial charge in [0.2, 0.25) is 11.8 Å². The lowest BCUT2D eigenvalue weighted by Crippen LogP contribution is -2.47. The van der Waals surface area contributed by atoms with Crippen LogP contribution in [0.2, 0.25) is 0 Å². The van der Waals surface area contributed by atoms with Crippen molar-refractivity contribution in [2.24, 2.45) is 23.7 Å². The summed E-state index contributed by atoms with van der Waals surface area (Å²) in [6.07, 6.45) is 38.6. The summed E-state index contributed by atoms with van der Waals surface area (Å²) in [6, 6.07) is 0. The molecule has 1 aliphatic carbocycles. The molecule has 3 aliphatic rings. The normalized spacial score (nSPS) is 23.5. The number of unbranched alkanes of at least 4 members (excludes halogenated alkanes) is 14. The van der Waals surface area contributed by atoms with Crippen molar-refractivity contribution in [1.29, 1.82) is 0 Å². The van der Waals surface area contributed by atoms with Gasteiger partial charge in [-0.05, 0) is 89.1 Å². The van der Waals surface area contributed by atoms with Gasteiger partial charge in [0.05, 0.1) is 0 Å². The summed E-state index contributed by atoms with van der Waals surface area (Å²) in [4.78, 5) is 34.0. The summed E-state index contributed by atoms with van der Waals surface area (Å²) in [5.41, 5.74) is 0. The number of amides is 2. The zero-order valence-electron chi connectivity index (χ0n) is 35.1. The first kappa shape index (κ1) is 45.0. The van der Waals surface area contributed by atoms with E-state index < -0.39 is 0 Å². The van der Waals surface area contributed by atoms with Crippen LogP contribution in [-0.2, 0) is 9.59 Å². The van der Waals surface area contributed by atoms with Gasteiger partial charge in [-0.25, -0.2) is 0 Å². The van der Waals surface area contributed by atoms with E-state index in [0.717, 1.165) is 102 Å². The number of piperazine rings is 2. The van der Waals surface area contributed by atoms with E-state index in [0.29, 0.717) is 11.8 Å². The Labute approximate surface area is 323 Å². The molecule has 3 fully saturated rings. The summed E-state index contributed by atoms with van der Waals surface area (Å²) in [5, 5.41) is 0. The smallest absolute Gasteiger partial charge is 0.222 e. The number of likely N-dealkylation sites (N-methyl/N-ethyl adjacent to an activating group) is 2. The molecule has 0 unspecified atom stereocenters. The van der Waals surface area contributed by atoms with Gasteiger partial charge in [-0.2, -0.15) is 0 Å². The van der Waals surface area contributed by atoms with E-state index in [2.05, 4.69) is 59.7 Å². The minimum absolute atomic E-state index is 0.373. The molecule has 4 atom stereocenters. The molecule has 0 radical (unpaired) electrons. The minimum Gasteiger partial charge on any atom is -0.340 e. The molecular weight excluding hydrogens is 641 g/mol. The highest BCUT2D eigenvalue weighted by molar-refractivity contribution is 5.76. The van der Waals surface area contributed by atoms with Gasteiger partial charge >= 0.3 is 0 Å². The minimum atomic E-state index is 0.373. The van der Waals surface area contributed by atoms with E-state index in [4.69, 9.17) is 0 Å². The number of nitrogens with zero attached hydrogens (tertiary/aromatic N) is 4. The Morgan fingerprint density at radius 3 is 1.44 bits per heavy atom. The van der Waals surface area contributed by atoms with Crippen molar-refractivity contribution in [3.63, 3.8) is 0 Å². The first-order valence-corrected chi connectivity index (χ1v) is 23.0. The number of hydrogen-bond acceptors (Lipinski definition) is 4. The predicted molar refractivity (Wildman–Crippen MR) is 223 cm³/mol. The van der Waals surface area contributed by atoms with Crippen molar-refractivity contribution in [2.45, 2.75) is 181 Å². The third-order valence-corrected chi connectivity index (χ3v) is 13.3. The van der Waals surface area contributed by atoms with Crippen molar-refractivity contribution in [3.05, 3.63) is 12.2 Å². The Morgan fingerprint density at radius 1 is 0.481 bits per heavy atom. The van der Waals surface area contributed by atoms with Gasteiger partial charge in [0.15, 0.2) is 0 Å². The Hall–Kier alpha value is -1.40. The summed E-state index contributed by atoms with van der Waals surface area (Å²) >= 11 is 0. The van der Waals surface area contributed by atoms with E-state index in [1.807, 2.05) is 0 Å². The largest absolute Gasteiger partial charge is 0.340 e. The second-order valence-corrected chi connectivity index (χ2v) is 17.5. The monoisotopic (exact) mass is 727 g/mol. The van der Waals surface area contributed by atoms with Crippen LogP contribution in [0, 0.1) is 23.7 Å². The molecule has 0 N–H and O–H groups in total. The van der Waals surface area contributed by atoms with Gasteiger partial charge in [-0.15, -0.1) is 0 Å². The molecule has 0 aromatic rings. The molecule has 1 saturated carbocycles. The first-order chi connectivity index (χ1) is 25.4. The Kier molecular flexibility index (Phi) is 24.3. The maximum absolute atomic E-state index is 12.6. The molecule has 2 amide bonds. The molecule has 3 rings (SSSR count). The summed E-state index contributed by atoms with van der Waals surface area (Å²) < 4.78 is 0. The topological polar surface area (TPSA) is 47.1 Å². The average molecular weight is 727 g/mol. The van der Waals surface area contributed by atoms with Crippen LogP contribution in [0.25, 0.3) is 0 Å². The van der Waals surface area contributed by atoms with E-state index >= 15 is 0 Å². The zero-order valence-corrected chi connectivity index (χ0v) is 35.1. The summed E-state index contributed by atoms with van der Waals surface area (Å²) in [5.74, 6) is 4.40. The Balaban J connectivity index is 1.39. The van der Waals surface area contributed by atoms with Crippen LogP contribution in [0.5, 0.6) is 0 Å². The number of rotatable bonds is 27. The van der Waals surface area contributed by atoms with Crippen LogP contribution < -0.4 is 0 Å². The number of hydrogen-bond donors (Lipinski definition) is 0. The number of allylic oxidation sites excluding steroid dienone is 2. The second-order valence-electron chi connectivity index (χ2n) is 17.5. The van der Waals surface area contributed by atoms with Gasteiger partial charge in [0.1, 0.15) is 0 Å². The van der Waals surface area contributed by atoms with Crippen molar-refractivity contribution >= 4 is 11.8 Å². The molecule has 0 bridgehead atoms. The van der Waals surface area contributed by atoms with Gasteiger partial charge in [0.25, 0.3) is 0 Å². The molecule has 0 spiro atoms. The van der Waals surface area contributed by atoms with E-state index in [9.17, 15) is 9.59 Å². The quantitative estimate of drug-likeness (QED) is 0.0625. The van der Waals surface area contributed by atoms with Crippen LogP contribution >= 0.6 is 0 Å². The Morgan fingerprint density at radius 2 is 0.904 bits per heavy atom.